The molecule has 6 rings (SSSR count). The van der Waals surface area contributed by atoms with E-state index in [1.54, 1.807) is 6.07 Å². The molecule has 6 heteroatoms. The van der Waals surface area contributed by atoms with Gasteiger partial charge in [-0.1, -0.05) is 6.07 Å². The number of phenols is 1. The first-order valence-corrected chi connectivity index (χ1v) is 10.5. The van der Waals surface area contributed by atoms with Crippen molar-refractivity contribution in [3.8, 4) is 11.5 Å². The molecule has 2 bridgehead atoms. The fourth-order valence-electron chi connectivity index (χ4n) is 7.36. The smallest absolute Gasteiger partial charge is 0.165 e. The highest BCUT2D eigenvalue weighted by atomic mass is 16.5. The number of hydrogen-bond donors (Lipinski definition) is 3. The van der Waals surface area contributed by atoms with Gasteiger partial charge in [-0.25, -0.2) is 0 Å². The minimum atomic E-state index is -1.74. The van der Waals surface area contributed by atoms with Gasteiger partial charge in [0.1, 0.15) is 17.7 Å². The molecule has 2 heterocycles. The average Bonchev–Trinajstić information content (AvgIpc) is 3.29. The SMILES string of the molecule is CC(=O)[C@]1(O)C[C@@]2(O)[C@H]3Cc4ccc(O)c5c4[C@@]2(CC[N+]3(C)CC2CC2)[C@H]1O5. The largest absolute Gasteiger partial charge is 0.504 e. The lowest BCUT2D eigenvalue weighted by atomic mass is 9.55. The summed E-state index contributed by atoms with van der Waals surface area (Å²) in [6.07, 6.45) is 2.99. The quantitative estimate of drug-likeness (QED) is 0.676. The van der Waals surface area contributed by atoms with E-state index in [1.165, 1.54) is 19.8 Å². The van der Waals surface area contributed by atoms with E-state index in [4.69, 9.17) is 4.74 Å². The molecule has 28 heavy (non-hydrogen) atoms. The number of benzene rings is 1. The van der Waals surface area contributed by atoms with Crippen molar-refractivity contribution < 1.29 is 29.3 Å². The first-order valence-electron chi connectivity index (χ1n) is 10.5. The highest BCUT2D eigenvalue weighted by Gasteiger charge is 2.83. The number of carbonyl (C=O) groups is 1. The third kappa shape index (κ3) is 1.67. The molecule has 150 valence electrons. The second-order valence-electron chi connectivity index (χ2n) is 10.3. The number of hydrogen-bond acceptors (Lipinski definition) is 5. The van der Waals surface area contributed by atoms with Gasteiger partial charge in [0.2, 0.25) is 0 Å². The summed E-state index contributed by atoms with van der Waals surface area (Å²) in [6, 6.07) is 3.49. The molecule has 2 aliphatic heterocycles. The number of ketones is 1. The van der Waals surface area contributed by atoms with E-state index in [0.717, 1.165) is 28.7 Å². The summed E-state index contributed by atoms with van der Waals surface area (Å²) in [5.74, 6) is 0.723. The summed E-state index contributed by atoms with van der Waals surface area (Å²) in [5, 5.41) is 34.2. The van der Waals surface area contributed by atoms with Crippen LogP contribution in [0.5, 0.6) is 11.5 Å². The van der Waals surface area contributed by atoms with Crippen LogP contribution in [0.25, 0.3) is 0 Å². The van der Waals surface area contributed by atoms with Crippen molar-refractivity contribution in [3.63, 3.8) is 0 Å². The van der Waals surface area contributed by atoms with Crippen molar-refractivity contribution >= 4 is 5.78 Å². The van der Waals surface area contributed by atoms with Gasteiger partial charge < -0.3 is 24.5 Å². The van der Waals surface area contributed by atoms with Gasteiger partial charge in [-0.3, -0.25) is 4.79 Å². The Bertz CT molecular complexity index is 928. The lowest BCUT2D eigenvalue weighted by Gasteiger charge is -2.60. The Hall–Kier alpha value is -1.63. The maximum absolute atomic E-state index is 12.6. The fourth-order valence-corrected chi connectivity index (χ4v) is 7.36. The molecule has 0 amide bonds. The molecule has 1 aromatic carbocycles. The first-order chi connectivity index (χ1) is 13.2. The number of likely N-dealkylation sites (N-methyl/N-ethyl adjacent to an activating group) is 1. The van der Waals surface area contributed by atoms with Crippen molar-refractivity contribution in [2.24, 2.45) is 5.92 Å². The molecule has 6 nitrogen and oxygen atoms in total. The van der Waals surface area contributed by atoms with E-state index in [-0.39, 0.29) is 24.0 Å². The molecule has 6 atom stereocenters. The Morgan fingerprint density at radius 3 is 2.75 bits per heavy atom. The predicted molar refractivity (Wildman–Crippen MR) is 100 cm³/mol. The Morgan fingerprint density at radius 1 is 1.32 bits per heavy atom. The number of piperidine rings is 1. The van der Waals surface area contributed by atoms with Gasteiger partial charge in [-0.05, 0) is 31.4 Å². The van der Waals surface area contributed by atoms with E-state index in [1.807, 2.05) is 6.07 Å². The second kappa shape index (κ2) is 4.74. The number of ether oxygens (including phenoxy) is 1. The topological polar surface area (TPSA) is 87.0 Å². The molecule has 0 aromatic heterocycles. The van der Waals surface area contributed by atoms with Crippen LogP contribution in [-0.2, 0) is 16.6 Å². The Kier molecular flexibility index (Phi) is 2.92. The Labute approximate surface area is 164 Å². The van der Waals surface area contributed by atoms with Crippen LogP contribution in [0.2, 0.25) is 0 Å². The number of likely N-dealkylation sites (tertiary alicyclic amines) is 1. The lowest BCUT2D eigenvalue weighted by molar-refractivity contribution is -0.950. The minimum Gasteiger partial charge on any atom is -0.504 e. The van der Waals surface area contributed by atoms with Gasteiger partial charge in [-0.2, -0.15) is 0 Å². The highest BCUT2D eigenvalue weighted by molar-refractivity contribution is 5.88. The number of aromatic hydroxyl groups is 1. The predicted octanol–water partition coefficient (Wildman–Crippen LogP) is 1.03. The number of nitrogens with zero attached hydrogens (tertiary/aromatic N) is 1. The molecule has 3 fully saturated rings. The van der Waals surface area contributed by atoms with Gasteiger partial charge in [-0.15, -0.1) is 0 Å². The Morgan fingerprint density at radius 2 is 2.07 bits per heavy atom. The number of quaternary nitrogens is 1. The standard InChI is InChI=1S/C22H27NO5/c1-12(24)21(26)11-22(27)16-9-14-5-6-15(25)18-17(14)20(22,19(21)28-18)7-8-23(16,2)10-13-3-4-13/h5-6,13,16,19,26-27H,3-4,7-11H2,1-2H3/p+1/t16-,19-,20+,21-,22-,23?/m1/s1. The number of phenolic OH excluding ortho intramolecular Hbond substituents is 1. The normalized spacial score (nSPS) is 47.6. The third-order valence-corrected chi connectivity index (χ3v) is 8.81. The van der Waals surface area contributed by atoms with Crippen molar-refractivity contribution in [2.75, 3.05) is 20.1 Å². The van der Waals surface area contributed by atoms with Crippen LogP contribution in [-0.4, -0.2) is 69.1 Å². The number of aliphatic hydroxyl groups is 2. The van der Waals surface area contributed by atoms with Gasteiger partial charge in [0.25, 0.3) is 0 Å². The van der Waals surface area contributed by atoms with E-state index >= 15 is 0 Å². The molecular formula is C22H28NO5+. The van der Waals surface area contributed by atoms with E-state index in [9.17, 15) is 20.1 Å². The molecule has 1 unspecified atom stereocenters. The zero-order valence-electron chi connectivity index (χ0n) is 16.4. The summed E-state index contributed by atoms with van der Waals surface area (Å²) >= 11 is 0. The van der Waals surface area contributed by atoms with Crippen LogP contribution in [0.1, 0.15) is 43.7 Å². The molecule has 2 saturated carbocycles. The van der Waals surface area contributed by atoms with Crippen LogP contribution in [0.4, 0.5) is 0 Å². The van der Waals surface area contributed by atoms with Gasteiger partial charge in [0.05, 0.1) is 25.6 Å². The molecule has 3 N–H and O–H groups in total. The number of carbonyl (C=O) groups excluding carboxylic acids is 1. The molecule has 3 aliphatic carbocycles. The molecule has 1 aromatic rings. The van der Waals surface area contributed by atoms with Crippen molar-refractivity contribution in [3.05, 3.63) is 23.3 Å². The summed E-state index contributed by atoms with van der Waals surface area (Å²) in [5.41, 5.74) is -1.88. The molecule has 1 spiro atoms. The van der Waals surface area contributed by atoms with Gasteiger partial charge in [0, 0.05) is 30.7 Å². The summed E-state index contributed by atoms with van der Waals surface area (Å²) in [7, 11) is 2.23. The summed E-state index contributed by atoms with van der Waals surface area (Å²) in [6.45, 7) is 3.30. The molecule has 0 radical (unpaired) electrons. The van der Waals surface area contributed by atoms with Crippen LogP contribution in [0.3, 0.4) is 0 Å². The minimum absolute atomic E-state index is 0.0116. The first kappa shape index (κ1) is 17.2. The van der Waals surface area contributed by atoms with Crippen LogP contribution < -0.4 is 4.74 Å². The zero-order valence-corrected chi connectivity index (χ0v) is 16.4. The van der Waals surface area contributed by atoms with Crippen molar-refractivity contribution in [2.45, 2.75) is 67.8 Å². The highest BCUT2D eigenvalue weighted by Crippen LogP contribution is 2.70. The summed E-state index contributed by atoms with van der Waals surface area (Å²) < 4.78 is 6.92. The van der Waals surface area contributed by atoms with Crippen molar-refractivity contribution in [1.29, 1.82) is 0 Å². The number of rotatable bonds is 3. The van der Waals surface area contributed by atoms with E-state index < -0.39 is 22.7 Å². The van der Waals surface area contributed by atoms with E-state index in [2.05, 4.69) is 7.05 Å². The van der Waals surface area contributed by atoms with E-state index in [0.29, 0.717) is 24.5 Å². The molecular weight excluding hydrogens is 358 g/mol. The zero-order chi connectivity index (χ0) is 19.7. The van der Waals surface area contributed by atoms with Gasteiger partial charge in [0.15, 0.2) is 22.9 Å². The van der Waals surface area contributed by atoms with Crippen LogP contribution in [0.15, 0.2) is 12.1 Å². The fraction of sp³-hybridized carbons (Fsp3) is 0.682. The maximum Gasteiger partial charge on any atom is 0.165 e. The monoisotopic (exact) mass is 386 g/mol. The summed E-state index contributed by atoms with van der Waals surface area (Å²) in [4.78, 5) is 12.6. The molecule has 5 aliphatic rings. The number of Topliss-reactive ketones (excluding diaryl/α,β-unsaturated/α-hetero) is 1. The van der Waals surface area contributed by atoms with Gasteiger partial charge >= 0.3 is 0 Å². The maximum atomic E-state index is 12.6. The van der Waals surface area contributed by atoms with Crippen LogP contribution in [0, 0.1) is 5.92 Å². The van der Waals surface area contributed by atoms with Crippen molar-refractivity contribution in [1.82, 2.24) is 0 Å². The Balaban J connectivity index is 1.62. The third-order valence-electron chi connectivity index (χ3n) is 8.81. The lowest BCUT2D eigenvalue weighted by Crippen LogP contribution is -2.76. The average molecular weight is 386 g/mol. The second-order valence-corrected chi connectivity index (χ2v) is 10.3. The van der Waals surface area contributed by atoms with Crippen LogP contribution >= 0.6 is 0 Å². The molecule has 1 saturated heterocycles.